The molecule has 0 aromatic heterocycles. The van der Waals surface area contributed by atoms with Crippen LogP contribution in [-0.2, 0) is 0 Å². The minimum atomic E-state index is 0.0236. The lowest BCUT2D eigenvalue weighted by Crippen LogP contribution is -2.08. The molecule has 0 spiro atoms. The zero-order chi connectivity index (χ0) is 9.84. The van der Waals surface area contributed by atoms with Gasteiger partial charge in [0.25, 0.3) is 0 Å². The van der Waals surface area contributed by atoms with E-state index in [0.29, 0.717) is 12.1 Å². The first-order valence-corrected chi connectivity index (χ1v) is 4.12. The highest BCUT2D eigenvalue weighted by atomic mass is 16.3. The Kier molecular flexibility index (Phi) is 2.88. The highest BCUT2D eigenvalue weighted by Crippen LogP contribution is 2.21. The Labute approximate surface area is 77.4 Å². The largest absolute Gasteiger partial charge is 0.507 e. The number of hydrogen-bond acceptors (Lipinski definition) is 3. The van der Waals surface area contributed by atoms with E-state index in [2.05, 4.69) is 0 Å². The van der Waals surface area contributed by atoms with Gasteiger partial charge in [0, 0.05) is 0 Å². The zero-order valence-corrected chi connectivity index (χ0v) is 7.49. The summed E-state index contributed by atoms with van der Waals surface area (Å²) < 4.78 is 0. The Hall–Kier alpha value is -1.53. The fourth-order valence-electron chi connectivity index (χ4n) is 1.09. The summed E-state index contributed by atoms with van der Waals surface area (Å²) in [6.45, 7) is 2.52. The molecule has 1 aromatic rings. The first-order chi connectivity index (χ1) is 6.19. The van der Waals surface area contributed by atoms with Gasteiger partial charge in [-0.3, -0.25) is 0 Å². The van der Waals surface area contributed by atoms with Crippen LogP contribution in [0.15, 0.2) is 18.2 Å². The molecular weight excluding hydrogens is 164 g/mol. The molecule has 0 aliphatic rings. The van der Waals surface area contributed by atoms with Crippen molar-refractivity contribution < 1.29 is 5.11 Å². The van der Waals surface area contributed by atoms with Crippen LogP contribution in [0.5, 0.6) is 5.75 Å². The maximum absolute atomic E-state index is 9.24. The summed E-state index contributed by atoms with van der Waals surface area (Å²) in [5, 5.41) is 17.9. The highest BCUT2D eigenvalue weighted by molar-refractivity contribution is 5.45. The molecule has 0 radical (unpaired) electrons. The minimum absolute atomic E-state index is 0.0236. The second-order valence-corrected chi connectivity index (χ2v) is 3.03. The SMILES string of the molecule is CC(CN)c1ccc(O)c(C#N)c1. The van der Waals surface area contributed by atoms with E-state index in [-0.39, 0.29) is 11.7 Å². The van der Waals surface area contributed by atoms with Gasteiger partial charge in [-0.25, -0.2) is 0 Å². The summed E-state index contributed by atoms with van der Waals surface area (Å²) in [6.07, 6.45) is 0. The van der Waals surface area contributed by atoms with Crippen molar-refractivity contribution in [1.82, 2.24) is 0 Å². The van der Waals surface area contributed by atoms with E-state index < -0.39 is 0 Å². The van der Waals surface area contributed by atoms with Crippen LogP contribution in [0, 0.1) is 11.3 Å². The minimum Gasteiger partial charge on any atom is -0.507 e. The first-order valence-electron chi connectivity index (χ1n) is 4.12. The summed E-state index contributed by atoms with van der Waals surface area (Å²) in [6, 6.07) is 6.91. The molecule has 13 heavy (non-hydrogen) atoms. The Morgan fingerprint density at radius 1 is 1.62 bits per heavy atom. The Morgan fingerprint density at radius 3 is 2.85 bits per heavy atom. The lowest BCUT2D eigenvalue weighted by atomic mass is 9.99. The normalized spacial score (nSPS) is 12.1. The summed E-state index contributed by atoms with van der Waals surface area (Å²) in [4.78, 5) is 0. The number of phenols is 1. The van der Waals surface area contributed by atoms with Crippen molar-refractivity contribution >= 4 is 0 Å². The zero-order valence-electron chi connectivity index (χ0n) is 7.49. The number of rotatable bonds is 2. The van der Waals surface area contributed by atoms with Gasteiger partial charge in [0.1, 0.15) is 11.8 Å². The molecule has 3 nitrogen and oxygen atoms in total. The van der Waals surface area contributed by atoms with E-state index in [9.17, 15) is 5.11 Å². The van der Waals surface area contributed by atoms with Crippen LogP contribution in [0.4, 0.5) is 0 Å². The third-order valence-electron chi connectivity index (χ3n) is 2.06. The molecule has 3 heteroatoms. The Bertz CT molecular complexity index is 341. The molecule has 1 unspecified atom stereocenters. The van der Waals surface area contributed by atoms with Gasteiger partial charge in [-0.2, -0.15) is 5.26 Å². The van der Waals surface area contributed by atoms with Crippen LogP contribution in [0.1, 0.15) is 24.0 Å². The second kappa shape index (κ2) is 3.92. The van der Waals surface area contributed by atoms with E-state index in [1.807, 2.05) is 13.0 Å². The fourth-order valence-corrected chi connectivity index (χ4v) is 1.09. The summed E-state index contributed by atoms with van der Waals surface area (Å²) in [7, 11) is 0. The number of nitrogens with two attached hydrogens (primary N) is 1. The van der Waals surface area contributed by atoms with Crippen LogP contribution in [0.3, 0.4) is 0 Å². The van der Waals surface area contributed by atoms with Crippen LogP contribution in [-0.4, -0.2) is 11.7 Å². The summed E-state index contributed by atoms with van der Waals surface area (Å²) >= 11 is 0. The Balaban J connectivity index is 3.08. The molecule has 0 heterocycles. The van der Waals surface area contributed by atoms with Crippen molar-refractivity contribution in [3.63, 3.8) is 0 Å². The molecule has 0 aliphatic heterocycles. The molecule has 0 fully saturated rings. The van der Waals surface area contributed by atoms with Crippen LogP contribution in [0.25, 0.3) is 0 Å². The first kappa shape index (κ1) is 9.56. The van der Waals surface area contributed by atoms with Crippen molar-refractivity contribution in [3.8, 4) is 11.8 Å². The third kappa shape index (κ3) is 1.98. The van der Waals surface area contributed by atoms with Crippen molar-refractivity contribution in [2.75, 3.05) is 6.54 Å². The molecule has 68 valence electrons. The summed E-state index contributed by atoms with van der Waals surface area (Å²) in [5.74, 6) is 0.239. The number of nitriles is 1. The number of hydrogen-bond donors (Lipinski definition) is 2. The van der Waals surface area contributed by atoms with Crippen molar-refractivity contribution in [1.29, 1.82) is 5.26 Å². The molecular formula is C10H12N2O. The molecule has 0 saturated carbocycles. The Morgan fingerprint density at radius 2 is 2.31 bits per heavy atom. The molecule has 1 atom stereocenters. The van der Waals surface area contributed by atoms with Crippen molar-refractivity contribution in [2.24, 2.45) is 5.73 Å². The predicted molar refractivity (Wildman–Crippen MR) is 50.3 cm³/mol. The standard InChI is InChI=1S/C10H12N2O/c1-7(5-11)8-2-3-10(13)9(4-8)6-12/h2-4,7,13H,5,11H2,1H3. The molecule has 1 rings (SSSR count). The predicted octanol–water partition coefficient (Wildman–Crippen LogP) is 1.33. The van der Waals surface area contributed by atoms with Gasteiger partial charge < -0.3 is 10.8 Å². The number of benzene rings is 1. The average Bonchev–Trinajstić information content (AvgIpc) is 2.17. The quantitative estimate of drug-likeness (QED) is 0.714. The van der Waals surface area contributed by atoms with Gasteiger partial charge in [-0.15, -0.1) is 0 Å². The van der Waals surface area contributed by atoms with Crippen molar-refractivity contribution in [2.45, 2.75) is 12.8 Å². The van der Waals surface area contributed by atoms with Gasteiger partial charge in [0.2, 0.25) is 0 Å². The van der Waals surface area contributed by atoms with Crippen LogP contribution in [0.2, 0.25) is 0 Å². The lowest BCUT2D eigenvalue weighted by molar-refractivity contribution is 0.473. The van der Waals surface area contributed by atoms with E-state index in [4.69, 9.17) is 11.0 Å². The van der Waals surface area contributed by atoms with E-state index in [0.717, 1.165) is 5.56 Å². The monoisotopic (exact) mass is 176 g/mol. The van der Waals surface area contributed by atoms with E-state index in [1.165, 1.54) is 6.07 Å². The third-order valence-corrected chi connectivity index (χ3v) is 2.06. The maximum Gasteiger partial charge on any atom is 0.133 e. The molecule has 0 bridgehead atoms. The van der Waals surface area contributed by atoms with Crippen LogP contribution < -0.4 is 5.73 Å². The molecule has 3 N–H and O–H groups in total. The number of phenolic OH excluding ortho intramolecular Hbond substituents is 1. The summed E-state index contributed by atoms with van der Waals surface area (Å²) in [5.41, 5.74) is 6.77. The molecule has 0 saturated heterocycles. The van der Waals surface area contributed by atoms with Gasteiger partial charge >= 0.3 is 0 Å². The highest BCUT2D eigenvalue weighted by Gasteiger charge is 2.06. The van der Waals surface area contributed by atoms with E-state index >= 15 is 0 Å². The molecule has 1 aromatic carbocycles. The average molecular weight is 176 g/mol. The number of nitrogens with zero attached hydrogens (tertiary/aromatic N) is 1. The smallest absolute Gasteiger partial charge is 0.133 e. The van der Waals surface area contributed by atoms with Gasteiger partial charge in [-0.05, 0) is 30.2 Å². The fraction of sp³-hybridized carbons (Fsp3) is 0.300. The number of aromatic hydroxyl groups is 1. The topological polar surface area (TPSA) is 70.0 Å². The van der Waals surface area contributed by atoms with Crippen LogP contribution >= 0.6 is 0 Å². The van der Waals surface area contributed by atoms with Gasteiger partial charge in [-0.1, -0.05) is 13.0 Å². The lowest BCUT2D eigenvalue weighted by Gasteiger charge is -2.08. The maximum atomic E-state index is 9.24. The van der Waals surface area contributed by atoms with Gasteiger partial charge in [0.05, 0.1) is 5.56 Å². The van der Waals surface area contributed by atoms with Gasteiger partial charge in [0.15, 0.2) is 0 Å². The van der Waals surface area contributed by atoms with E-state index in [1.54, 1.807) is 12.1 Å². The van der Waals surface area contributed by atoms with Crippen molar-refractivity contribution in [3.05, 3.63) is 29.3 Å². The molecule has 0 aliphatic carbocycles. The molecule has 0 amide bonds. The second-order valence-electron chi connectivity index (χ2n) is 3.03.